The van der Waals surface area contributed by atoms with E-state index in [2.05, 4.69) is 5.32 Å². The van der Waals surface area contributed by atoms with E-state index in [1.807, 2.05) is 59.2 Å². The van der Waals surface area contributed by atoms with Gasteiger partial charge in [-0.1, -0.05) is 55.7 Å². The number of nitrogens with zero attached hydrogens (tertiary/aromatic N) is 1. The second-order valence-corrected chi connectivity index (χ2v) is 7.62. The van der Waals surface area contributed by atoms with Gasteiger partial charge in [0.2, 0.25) is 11.7 Å². The number of aromatic nitrogens is 1. The van der Waals surface area contributed by atoms with Crippen LogP contribution in [0.4, 0.5) is 0 Å². The Morgan fingerprint density at radius 1 is 0.966 bits per heavy atom. The van der Waals surface area contributed by atoms with Crippen molar-refractivity contribution in [2.75, 3.05) is 6.61 Å². The maximum atomic E-state index is 12.8. The Bertz CT molecular complexity index is 988. The predicted octanol–water partition coefficient (Wildman–Crippen LogP) is 4.35. The molecule has 1 aliphatic rings. The quantitative estimate of drug-likeness (QED) is 0.610. The number of Topliss-reactive ketones (excluding diaryl/α,β-unsaturated/α-hetero) is 1. The van der Waals surface area contributed by atoms with Gasteiger partial charge < -0.3 is 14.6 Å². The SMILES string of the molecule is O=C(Cn1cc(C(=O)COc2ccccc2)c2ccccc21)NC1CCCCC1. The number of amides is 1. The normalized spacial score (nSPS) is 14.6. The van der Waals surface area contributed by atoms with E-state index in [0.29, 0.717) is 11.3 Å². The highest BCUT2D eigenvalue weighted by atomic mass is 16.5. The van der Waals surface area contributed by atoms with E-state index in [9.17, 15) is 9.59 Å². The third kappa shape index (κ3) is 4.67. The molecule has 2 aromatic carbocycles. The van der Waals surface area contributed by atoms with Gasteiger partial charge in [0.1, 0.15) is 12.3 Å². The van der Waals surface area contributed by atoms with Crippen LogP contribution in [-0.4, -0.2) is 28.9 Å². The van der Waals surface area contributed by atoms with Crippen molar-refractivity contribution >= 4 is 22.6 Å². The van der Waals surface area contributed by atoms with Gasteiger partial charge in [0.05, 0.1) is 0 Å². The summed E-state index contributed by atoms with van der Waals surface area (Å²) in [5.41, 5.74) is 1.47. The number of rotatable bonds is 7. The van der Waals surface area contributed by atoms with E-state index in [1.165, 1.54) is 19.3 Å². The number of ketones is 1. The molecule has 0 saturated heterocycles. The molecule has 0 spiro atoms. The van der Waals surface area contributed by atoms with Crippen LogP contribution in [0, 0.1) is 0 Å². The Balaban J connectivity index is 1.48. The summed E-state index contributed by atoms with van der Waals surface area (Å²) in [7, 11) is 0. The van der Waals surface area contributed by atoms with Crippen LogP contribution in [0.2, 0.25) is 0 Å². The smallest absolute Gasteiger partial charge is 0.240 e. The Morgan fingerprint density at radius 3 is 2.48 bits per heavy atom. The average molecular weight is 390 g/mol. The topological polar surface area (TPSA) is 60.3 Å². The zero-order chi connectivity index (χ0) is 20.1. The molecule has 29 heavy (non-hydrogen) atoms. The molecule has 0 atom stereocenters. The molecule has 0 aliphatic heterocycles. The van der Waals surface area contributed by atoms with Gasteiger partial charge in [-0.3, -0.25) is 9.59 Å². The Labute approximate surface area is 170 Å². The van der Waals surface area contributed by atoms with Crippen molar-refractivity contribution < 1.29 is 14.3 Å². The summed E-state index contributed by atoms with van der Waals surface area (Å²) in [5.74, 6) is 0.560. The van der Waals surface area contributed by atoms with E-state index in [4.69, 9.17) is 4.74 Å². The van der Waals surface area contributed by atoms with Gasteiger partial charge in [0, 0.05) is 28.7 Å². The fourth-order valence-corrected chi connectivity index (χ4v) is 4.02. The number of carbonyl (C=O) groups is 2. The van der Waals surface area contributed by atoms with Gasteiger partial charge in [-0.05, 0) is 31.0 Å². The molecule has 0 radical (unpaired) electrons. The van der Waals surface area contributed by atoms with Gasteiger partial charge in [0.25, 0.3) is 0 Å². The molecule has 1 aliphatic carbocycles. The zero-order valence-corrected chi connectivity index (χ0v) is 16.5. The first-order chi connectivity index (χ1) is 14.2. The van der Waals surface area contributed by atoms with Crippen molar-refractivity contribution in [1.82, 2.24) is 9.88 Å². The van der Waals surface area contributed by atoms with Crippen molar-refractivity contribution in [2.45, 2.75) is 44.7 Å². The number of hydrogen-bond donors (Lipinski definition) is 1. The molecular formula is C24H26N2O3. The highest BCUT2D eigenvalue weighted by Gasteiger charge is 2.19. The van der Waals surface area contributed by atoms with Crippen LogP contribution < -0.4 is 10.1 Å². The number of nitrogens with one attached hydrogen (secondary N) is 1. The number of benzene rings is 2. The first-order valence-corrected chi connectivity index (χ1v) is 10.3. The number of ether oxygens (including phenoxy) is 1. The van der Waals surface area contributed by atoms with Crippen LogP contribution in [0.5, 0.6) is 5.75 Å². The standard InChI is InChI=1S/C24H26N2O3/c27-23(17-29-19-11-5-2-6-12-19)21-15-26(22-14-8-7-13-20(21)22)16-24(28)25-18-9-3-1-4-10-18/h2,5-8,11-15,18H,1,3-4,9-10,16-17H2,(H,25,28). The summed E-state index contributed by atoms with van der Waals surface area (Å²) in [6.07, 6.45) is 7.50. The number of hydrogen-bond acceptors (Lipinski definition) is 3. The van der Waals surface area contributed by atoms with E-state index in [0.717, 1.165) is 23.7 Å². The zero-order valence-electron chi connectivity index (χ0n) is 16.5. The monoisotopic (exact) mass is 390 g/mol. The molecule has 1 heterocycles. The minimum absolute atomic E-state index is 0.00260. The van der Waals surface area contributed by atoms with E-state index < -0.39 is 0 Å². The summed E-state index contributed by atoms with van der Waals surface area (Å²) in [5, 5.41) is 3.99. The Morgan fingerprint density at radius 2 is 1.69 bits per heavy atom. The molecule has 4 rings (SSSR count). The van der Waals surface area contributed by atoms with Gasteiger partial charge in [-0.15, -0.1) is 0 Å². The molecule has 5 nitrogen and oxygen atoms in total. The van der Waals surface area contributed by atoms with Crippen LogP contribution in [0.1, 0.15) is 42.5 Å². The lowest BCUT2D eigenvalue weighted by molar-refractivity contribution is -0.122. The lowest BCUT2D eigenvalue weighted by Gasteiger charge is -2.22. The molecule has 3 aromatic rings. The molecule has 0 unspecified atom stereocenters. The Kier molecular flexibility index (Phi) is 5.94. The van der Waals surface area contributed by atoms with Crippen LogP contribution in [0.3, 0.4) is 0 Å². The second-order valence-electron chi connectivity index (χ2n) is 7.62. The Hall–Kier alpha value is -3.08. The van der Waals surface area contributed by atoms with Crippen LogP contribution in [-0.2, 0) is 11.3 Å². The summed E-state index contributed by atoms with van der Waals surface area (Å²) >= 11 is 0. The lowest BCUT2D eigenvalue weighted by atomic mass is 9.95. The van der Waals surface area contributed by atoms with Crippen molar-refractivity contribution in [3.05, 3.63) is 66.4 Å². The van der Waals surface area contributed by atoms with Gasteiger partial charge >= 0.3 is 0 Å². The molecule has 0 bridgehead atoms. The first kappa shape index (κ1) is 19.2. The highest BCUT2D eigenvalue weighted by molar-refractivity contribution is 6.09. The molecular weight excluding hydrogens is 364 g/mol. The van der Waals surface area contributed by atoms with Crippen molar-refractivity contribution in [2.24, 2.45) is 0 Å². The lowest BCUT2D eigenvalue weighted by Crippen LogP contribution is -2.38. The van der Waals surface area contributed by atoms with Gasteiger partial charge in [0.15, 0.2) is 6.61 Å². The largest absolute Gasteiger partial charge is 0.485 e. The highest BCUT2D eigenvalue weighted by Crippen LogP contribution is 2.23. The van der Waals surface area contributed by atoms with E-state index >= 15 is 0 Å². The average Bonchev–Trinajstić information content (AvgIpc) is 3.12. The number of fused-ring (bicyclic) bond motifs is 1. The molecule has 150 valence electrons. The van der Waals surface area contributed by atoms with Crippen LogP contribution in [0.25, 0.3) is 10.9 Å². The van der Waals surface area contributed by atoms with Crippen LogP contribution in [0.15, 0.2) is 60.8 Å². The van der Waals surface area contributed by atoms with Crippen LogP contribution >= 0.6 is 0 Å². The number of carbonyl (C=O) groups excluding carboxylic acids is 2. The molecule has 1 saturated carbocycles. The van der Waals surface area contributed by atoms with E-state index in [-0.39, 0.29) is 30.9 Å². The summed E-state index contributed by atoms with van der Waals surface area (Å²) in [6, 6.07) is 17.3. The van der Waals surface area contributed by atoms with Crippen molar-refractivity contribution in [3.8, 4) is 5.75 Å². The fraction of sp³-hybridized carbons (Fsp3) is 0.333. The van der Waals surface area contributed by atoms with Crippen molar-refractivity contribution in [3.63, 3.8) is 0 Å². The molecule has 1 aromatic heterocycles. The predicted molar refractivity (Wildman–Crippen MR) is 113 cm³/mol. The molecule has 1 N–H and O–H groups in total. The summed E-state index contributed by atoms with van der Waals surface area (Å²) in [6.45, 7) is 0.177. The third-order valence-electron chi connectivity index (χ3n) is 5.49. The number of para-hydroxylation sites is 2. The summed E-state index contributed by atoms with van der Waals surface area (Å²) < 4.78 is 7.49. The third-order valence-corrected chi connectivity index (χ3v) is 5.49. The molecule has 5 heteroatoms. The van der Waals surface area contributed by atoms with E-state index in [1.54, 1.807) is 6.20 Å². The van der Waals surface area contributed by atoms with Crippen molar-refractivity contribution in [1.29, 1.82) is 0 Å². The van der Waals surface area contributed by atoms with Gasteiger partial charge in [-0.2, -0.15) is 0 Å². The summed E-state index contributed by atoms with van der Waals surface area (Å²) in [4.78, 5) is 25.4. The molecule has 1 fully saturated rings. The first-order valence-electron chi connectivity index (χ1n) is 10.3. The molecule has 1 amide bonds. The second kappa shape index (κ2) is 8.95. The minimum Gasteiger partial charge on any atom is -0.485 e. The maximum Gasteiger partial charge on any atom is 0.240 e. The minimum atomic E-state index is -0.100. The van der Waals surface area contributed by atoms with Gasteiger partial charge in [-0.25, -0.2) is 0 Å². The maximum absolute atomic E-state index is 12.8. The fourth-order valence-electron chi connectivity index (χ4n) is 4.02.